The molecule has 20 heavy (non-hydrogen) atoms. The van der Waals surface area contributed by atoms with Crippen LogP contribution in [0, 0.1) is 0 Å². The molecule has 1 aromatic rings. The molecule has 1 saturated heterocycles. The van der Waals surface area contributed by atoms with Crippen molar-refractivity contribution in [3.8, 4) is 11.5 Å². The molecule has 5 nitrogen and oxygen atoms in total. The van der Waals surface area contributed by atoms with Crippen molar-refractivity contribution in [3.05, 3.63) is 22.2 Å². The molecule has 2 atom stereocenters. The Labute approximate surface area is 127 Å². The number of ether oxygens (including phenoxy) is 4. The third kappa shape index (κ3) is 3.09. The Morgan fingerprint density at radius 3 is 2.65 bits per heavy atom. The van der Waals surface area contributed by atoms with Crippen molar-refractivity contribution in [1.29, 1.82) is 0 Å². The van der Waals surface area contributed by atoms with E-state index in [2.05, 4.69) is 21.2 Å². The van der Waals surface area contributed by atoms with Gasteiger partial charge < -0.3 is 24.3 Å². The molecule has 1 N–H and O–H groups in total. The maximum atomic E-state index is 5.79. The highest BCUT2D eigenvalue weighted by atomic mass is 79.9. The van der Waals surface area contributed by atoms with Gasteiger partial charge in [0.1, 0.15) is 22.1 Å². The summed E-state index contributed by atoms with van der Waals surface area (Å²) in [5, 5.41) is 3.28. The fraction of sp³-hybridized carbons (Fsp3) is 0.571. The van der Waals surface area contributed by atoms with Crippen LogP contribution >= 0.6 is 15.9 Å². The first-order valence-corrected chi connectivity index (χ1v) is 7.29. The molecule has 0 aliphatic carbocycles. The largest absolute Gasteiger partial charge is 0.495 e. The summed E-state index contributed by atoms with van der Waals surface area (Å²) in [6.45, 7) is 1.83. The second-order valence-electron chi connectivity index (χ2n) is 4.45. The van der Waals surface area contributed by atoms with Gasteiger partial charge in [-0.25, -0.2) is 0 Å². The highest BCUT2D eigenvalue weighted by molar-refractivity contribution is 9.10. The van der Waals surface area contributed by atoms with Crippen molar-refractivity contribution in [2.24, 2.45) is 0 Å². The number of hydrogen-bond donors (Lipinski definition) is 1. The maximum absolute atomic E-state index is 5.79. The van der Waals surface area contributed by atoms with Gasteiger partial charge in [-0.15, -0.1) is 0 Å². The van der Waals surface area contributed by atoms with Crippen LogP contribution in [0.1, 0.15) is 11.6 Å². The van der Waals surface area contributed by atoms with Gasteiger partial charge in [0.15, 0.2) is 0 Å². The summed E-state index contributed by atoms with van der Waals surface area (Å²) in [6.07, 6.45) is -0.0389. The number of hydrogen-bond acceptors (Lipinski definition) is 5. The molecule has 0 radical (unpaired) electrons. The number of likely N-dealkylation sites (N-methyl/N-ethyl adjacent to an activating group) is 1. The Balaban J connectivity index is 2.35. The third-order valence-electron chi connectivity index (χ3n) is 3.38. The van der Waals surface area contributed by atoms with Gasteiger partial charge in [-0.1, -0.05) is 0 Å². The summed E-state index contributed by atoms with van der Waals surface area (Å²) < 4.78 is 22.9. The van der Waals surface area contributed by atoms with Crippen LogP contribution in [-0.2, 0) is 9.47 Å². The number of methoxy groups -OCH3 is 2. The second kappa shape index (κ2) is 7.26. The fourth-order valence-electron chi connectivity index (χ4n) is 2.40. The van der Waals surface area contributed by atoms with Gasteiger partial charge in [0, 0.05) is 5.56 Å². The van der Waals surface area contributed by atoms with Crippen molar-refractivity contribution >= 4 is 15.9 Å². The van der Waals surface area contributed by atoms with Crippen LogP contribution in [0.15, 0.2) is 16.6 Å². The van der Waals surface area contributed by atoms with Crippen LogP contribution in [-0.4, -0.2) is 47.2 Å². The van der Waals surface area contributed by atoms with Gasteiger partial charge >= 0.3 is 0 Å². The lowest BCUT2D eigenvalue weighted by Crippen LogP contribution is -2.39. The third-order valence-corrected chi connectivity index (χ3v) is 4.13. The number of nitrogens with one attached hydrogen (secondary N) is 1. The average molecular weight is 346 g/mol. The van der Waals surface area contributed by atoms with Crippen molar-refractivity contribution < 1.29 is 18.9 Å². The van der Waals surface area contributed by atoms with Crippen molar-refractivity contribution in [1.82, 2.24) is 5.32 Å². The quantitative estimate of drug-likeness (QED) is 0.885. The van der Waals surface area contributed by atoms with Crippen LogP contribution in [0.2, 0.25) is 0 Å². The Hall–Kier alpha value is -0.820. The van der Waals surface area contributed by atoms with Crippen LogP contribution < -0.4 is 14.8 Å². The van der Waals surface area contributed by atoms with Crippen molar-refractivity contribution in [2.75, 3.05) is 41.1 Å². The highest BCUT2D eigenvalue weighted by Crippen LogP contribution is 2.40. The van der Waals surface area contributed by atoms with Crippen molar-refractivity contribution in [3.63, 3.8) is 0 Å². The van der Waals surface area contributed by atoms with Crippen LogP contribution in [0.4, 0.5) is 0 Å². The molecular weight excluding hydrogens is 326 g/mol. The Bertz CT molecular complexity index is 449. The predicted octanol–water partition coefficient (Wildman–Crippen LogP) is 2.14. The van der Waals surface area contributed by atoms with Gasteiger partial charge in [0.25, 0.3) is 0 Å². The first-order valence-electron chi connectivity index (χ1n) is 6.50. The first-order chi connectivity index (χ1) is 9.72. The standard InChI is InChI=1S/C14H20BrNO4/c1-16-13(11-8-19-6-7-20-11)9-4-5-10(17-2)12(15)14(9)18-3/h4-5,11,13,16H,6-8H2,1-3H3. The van der Waals surface area contributed by atoms with E-state index >= 15 is 0 Å². The molecule has 1 fully saturated rings. The van der Waals surface area contributed by atoms with Gasteiger partial charge in [-0.3, -0.25) is 0 Å². The van der Waals surface area contributed by atoms with Gasteiger partial charge in [-0.2, -0.15) is 0 Å². The minimum Gasteiger partial charge on any atom is -0.495 e. The zero-order valence-electron chi connectivity index (χ0n) is 11.9. The predicted molar refractivity (Wildman–Crippen MR) is 79.6 cm³/mol. The van der Waals surface area contributed by atoms with Crippen molar-refractivity contribution in [2.45, 2.75) is 12.1 Å². The van der Waals surface area contributed by atoms with Gasteiger partial charge in [0.05, 0.1) is 40.1 Å². The summed E-state index contributed by atoms with van der Waals surface area (Å²) in [7, 11) is 5.18. The lowest BCUT2D eigenvalue weighted by Gasteiger charge is -2.31. The molecule has 6 heteroatoms. The lowest BCUT2D eigenvalue weighted by atomic mass is 10.00. The molecular formula is C14H20BrNO4. The maximum Gasteiger partial charge on any atom is 0.141 e. The summed E-state index contributed by atoms with van der Waals surface area (Å²) in [6, 6.07) is 3.89. The summed E-state index contributed by atoms with van der Waals surface area (Å²) in [4.78, 5) is 0. The monoisotopic (exact) mass is 345 g/mol. The smallest absolute Gasteiger partial charge is 0.141 e. The zero-order chi connectivity index (χ0) is 14.5. The average Bonchev–Trinajstić information content (AvgIpc) is 2.49. The minimum atomic E-state index is -0.0389. The fourth-order valence-corrected chi connectivity index (χ4v) is 3.09. The molecule has 0 amide bonds. The number of benzene rings is 1. The van der Waals surface area contributed by atoms with E-state index < -0.39 is 0 Å². The van der Waals surface area contributed by atoms with E-state index in [1.54, 1.807) is 14.2 Å². The Morgan fingerprint density at radius 2 is 2.10 bits per heavy atom. The van der Waals surface area contributed by atoms with E-state index in [4.69, 9.17) is 18.9 Å². The lowest BCUT2D eigenvalue weighted by molar-refractivity contribution is -0.102. The molecule has 112 valence electrons. The molecule has 0 spiro atoms. The summed E-state index contributed by atoms with van der Waals surface area (Å²) >= 11 is 3.52. The van der Waals surface area contributed by atoms with E-state index in [-0.39, 0.29) is 12.1 Å². The van der Waals surface area contributed by atoms with Crippen LogP contribution in [0.3, 0.4) is 0 Å². The Kier molecular flexibility index (Phi) is 5.65. The van der Waals surface area contributed by atoms with Gasteiger partial charge in [0.2, 0.25) is 0 Å². The molecule has 2 rings (SSSR count). The van der Waals surface area contributed by atoms with E-state index in [0.717, 1.165) is 21.5 Å². The van der Waals surface area contributed by atoms with Crippen LogP contribution in [0.25, 0.3) is 0 Å². The molecule has 1 aliphatic rings. The molecule has 0 aromatic heterocycles. The van der Waals surface area contributed by atoms with E-state index in [1.807, 2.05) is 19.2 Å². The minimum absolute atomic E-state index is 0.00699. The van der Waals surface area contributed by atoms with Gasteiger partial charge in [-0.05, 0) is 35.1 Å². The molecule has 0 saturated carbocycles. The topological polar surface area (TPSA) is 49.0 Å². The molecule has 1 heterocycles. The summed E-state index contributed by atoms with van der Waals surface area (Å²) in [5.41, 5.74) is 1.01. The molecule has 2 unspecified atom stereocenters. The van der Waals surface area contributed by atoms with E-state index in [0.29, 0.717) is 19.8 Å². The second-order valence-corrected chi connectivity index (χ2v) is 5.25. The highest BCUT2D eigenvalue weighted by Gasteiger charge is 2.29. The molecule has 0 bridgehead atoms. The molecule has 1 aliphatic heterocycles. The Morgan fingerprint density at radius 1 is 1.30 bits per heavy atom. The normalized spacial score (nSPS) is 20.5. The first kappa shape index (κ1) is 15.6. The SMILES string of the molecule is CNC(c1ccc(OC)c(Br)c1OC)C1COCCO1. The number of halogens is 1. The van der Waals surface area contributed by atoms with E-state index in [1.165, 1.54) is 0 Å². The van der Waals surface area contributed by atoms with Crippen LogP contribution in [0.5, 0.6) is 11.5 Å². The molecule has 1 aromatic carbocycles. The zero-order valence-corrected chi connectivity index (χ0v) is 13.5. The number of rotatable bonds is 5. The van der Waals surface area contributed by atoms with E-state index in [9.17, 15) is 0 Å². The summed E-state index contributed by atoms with van der Waals surface area (Å²) in [5.74, 6) is 1.49.